The minimum Gasteiger partial charge on any atom is -0.493 e. The van der Waals surface area contributed by atoms with E-state index in [1.807, 2.05) is 54.6 Å². The van der Waals surface area contributed by atoms with E-state index in [0.717, 1.165) is 42.9 Å². The third kappa shape index (κ3) is 9.12. The Morgan fingerprint density at radius 3 is 2.17 bits per heavy atom. The average Bonchev–Trinajstić information content (AvgIpc) is 3.23. The Morgan fingerprint density at radius 2 is 1.52 bits per heavy atom. The largest absolute Gasteiger partial charge is 0.493 e. The van der Waals surface area contributed by atoms with Gasteiger partial charge in [-0.1, -0.05) is 37.1 Å². The van der Waals surface area contributed by atoms with Crippen molar-refractivity contribution < 1.29 is 29.3 Å². The van der Waals surface area contributed by atoms with Gasteiger partial charge in [-0.3, -0.25) is 0 Å². The van der Waals surface area contributed by atoms with E-state index in [2.05, 4.69) is 5.32 Å². The minimum absolute atomic E-state index is 0.731. The first-order valence-corrected chi connectivity index (χ1v) is 9.70. The van der Waals surface area contributed by atoms with E-state index in [1.54, 1.807) is 0 Å². The van der Waals surface area contributed by atoms with E-state index >= 15 is 0 Å². The van der Waals surface area contributed by atoms with E-state index in [-0.39, 0.29) is 0 Å². The molecule has 1 aliphatic rings. The summed E-state index contributed by atoms with van der Waals surface area (Å²) in [6.07, 6.45) is 6.45. The zero-order valence-electron chi connectivity index (χ0n) is 16.3. The van der Waals surface area contributed by atoms with Gasteiger partial charge in [0.2, 0.25) is 0 Å². The SMILES string of the molecule is O=C(O)C(=O)O.c1ccc(Oc2cccc(OCCCNC3CCCC3)c2)cc1. The molecule has 7 nitrogen and oxygen atoms in total. The summed E-state index contributed by atoms with van der Waals surface area (Å²) in [5, 5.41) is 18.4. The van der Waals surface area contributed by atoms with Gasteiger partial charge >= 0.3 is 11.9 Å². The van der Waals surface area contributed by atoms with Gasteiger partial charge in [0.1, 0.15) is 17.2 Å². The zero-order chi connectivity index (χ0) is 20.9. The molecular formula is C22H27NO6. The molecule has 1 saturated carbocycles. The van der Waals surface area contributed by atoms with E-state index in [9.17, 15) is 0 Å². The summed E-state index contributed by atoms with van der Waals surface area (Å²) in [6, 6.07) is 18.4. The van der Waals surface area contributed by atoms with E-state index in [4.69, 9.17) is 29.3 Å². The fourth-order valence-electron chi connectivity index (χ4n) is 2.95. The summed E-state index contributed by atoms with van der Waals surface area (Å²) in [6.45, 7) is 1.76. The lowest BCUT2D eigenvalue weighted by Gasteiger charge is -2.12. The zero-order valence-corrected chi connectivity index (χ0v) is 16.3. The smallest absolute Gasteiger partial charge is 0.414 e. The summed E-state index contributed by atoms with van der Waals surface area (Å²) in [5.74, 6) is -1.15. The summed E-state index contributed by atoms with van der Waals surface area (Å²) in [7, 11) is 0. The van der Waals surface area contributed by atoms with Gasteiger partial charge in [-0.25, -0.2) is 9.59 Å². The van der Waals surface area contributed by atoms with Crippen molar-refractivity contribution in [1.82, 2.24) is 5.32 Å². The number of carboxylic acid groups (broad SMARTS) is 2. The fraction of sp³-hybridized carbons (Fsp3) is 0.364. The van der Waals surface area contributed by atoms with Gasteiger partial charge in [0.05, 0.1) is 6.61 Å². The first-order valence-electron chi connectivity index (χ1n) is 9.70. The van der Waals surface area contributed by atoms with Crippen LogP contribution in [0.15, 0.2) is 54.6 Å². The van der Waals surface area contributed by atoms with E-state index in [1.165, 1.54) is 25.7 Å². The van der Waals surface area contributed by atoms with Crippen molar-refractivity contribution >= 4 is 11.9 Å². The van der Waals surface area contributed by atoms with Crippen LogP contribution in [0.4, 0.5) is 0 Å². The summed E-state index contributed by atoms with van der Waals surface area (Å²) in [5.41, 5.74) is 0. The topological polar surface area (TPSA) is 105 Å². The predicted molar refractivity (Wildman–Crippen MR) is 109 cm³/mol. The lowest BCUT2D eigenvalue weighted by atomic mass is 10.2. The molecule has 29 heavy (non-hydrogen) atoms. The molecule has 0 saturated heterocycles. The molecule has 0 spiro atoms. The highest BCUT2D eigenvalue weighted by Crippen LogP contribution is 2.25. The molecule has 0 aromatic heterocycles. The lowest BCUT2D eigenvalue weighted by molar-refractivity contribution is -0.159. The standard InChI is InChI=1S/C20H25NO2.C2H2O4/c1-2-10-18(11-3-1)23-20-13-6-12-19(16-20)22-15-7-14-21-17-8-4-5-9-17;3-1(4)2(5)6/h1-3,6,10-13,16-17,21H,4-5,7-9,14-15H2;(H,3,4)(H,5,6). The van der Waals surface area contributed by atoms with Crippen LogP contribution in [0, 0.1) is 0 Å². The molecule has 1 aliphatic carbocycles. The third-order valence-corrected chi connectivity index (χ3v) is 4.35. The number of aliphatic carboxylic acids is 2. The van der Waals surface area contributed by atoms with E-state index in [0.29, 0.717) is 0 Å². The molecule has 2 aromatic rings. The van der Waals surface area contributed by atoms with Crippen LogP contribution in [-0.2, 0) is 9.59 Å². The maximum Gasteiger partial charge on any atom is 0.414 e. The summed E-state index contributed by atoms with van der Waals surface area (Å²) < 4.78 is 11.7. The van der Waals surface area contributed by atoms with Crippen LogP contribution in [0.3, 0.4) is 0 Å². The van der Waals surface area contributed by atoms with Crippen LogP contribution < -0.4 is 14.8 Å². The average molecular weight is 401 g/mol. The van der Waals surface area contributed by atoms with Crippen LogP contribution in [0.5, 0.6) is 17.2 Å². The number of nitrogens with one attached hydrogen (secondary N) is 1. The molecule has 0 bridgehead atoms. The van der Waals surface area contributed by atoms with Crippen molar-refractivity contribution in [2.45, 2.75) is 38.1 Å². The van der Waals surface area contributed by atoms with Gasteiger partial charge in [0.15, 0.2) is 0 Å². The number of hydrogen-bond acceptors (Lipinski definition) is 5. The molecule has 0 amide bonds. The molecule has 156 valence electrons. The van der Waals surface area contributed by atoms with Crippen LogP contribution in [-0.4, -0.2) is 41.3 Å². The monoisotopic (exact) mass is 401 g/mol. The quantitative estimate of drug-likeness (QED) is 0.454. The van der Waals surface area contributed by atoms with Crippen molar-refractivity contribution in [3.8, 4) is 17.2 Å². The number of hydrogen-bond donors (Lipinski definition) is 3. The third-order valence-electron chi connectivity index (χ3n) is 4.35. The predicted octanol–water partition coefficient (Wildman–Crippen LogP) is 3.94. The maximum atomic E-state index is 9.10. The first kappa shape index (κ1) is 22.2. The van der Waals surface area contributed by atoms with Gasteiger partial charge < -0.3 is 25.0 Å². The highest BCUT2D eigenvalue weighted by molar-refractivity contribution is 6.27. The van der Waals surface area contributed by atoms with E-state index < -0.39 is 11.9 Å². The molecule has 0 unspecified atom stereocenters. The fourth-order valence-corrected chi connectivity index (χ4v) is 2.95. The molecule has 2 aromatic carbocycles. The van der Waals surface area contributed by atoms with Gasteiger partial charge in [-0.2, -0.15) is 0 Å². The molecule has 0 radical (unpaired) electrons. The number of rotatable bonds is 8. The number of para-hydroxylation sites is 1. The van der Waals surface area contributed by atoms with Gasteiger partial charge in [0, 0.05) is 12.1 Å². The van der Waals surface area contributed by atoms with Crippen molar-refractivity contribution in [2.24, 2.45) is 0 Å². The second-order valence-electron chi connectivity index (χ2n) is 6.64. The van der Waals surface area contributed by atoms with Crippen LogP contribution in [0.1, 0.15) is 32.1 Å². The lowest BCUT2D eigenvalue weighted by Crippen LogP contribution is -2.27. The normalized spacial score (nSPS) is 13.2. The maximum absolute atomic E-state index is 9.10. The van der Waals surface area contributed by atoms with Gasteiger partial charge in [-0.15, -0.1) is 0 Å². The number of carboxylic acids is 2. The van der Waals surface area contributed by atoms with Gasteiger partial charge in [0.25, 0.3) is 0 Å². The molecule has 3 rings (SSSR count). The molecule has 0 heterocycles. The Balaban J connectivity index is 0.000000438. The van der Waals surface area contributed by atoms with Gasteiger partial charge in [-0.05, 0) is 50.1 Å². The molecule has 3 N–H and O–H groups in total. The van der Waals surface area contributed by atoms with Crippen molar-refractivity contribution in [1.29, 1.82) is 0 Å². The molecular weight excluding hydrogens is 374 g/mol. The Labute approximate surface area is 170 Å². The highest BCUT2D eigenvalue weighted by atomic mass is 16.5. The second kappa shape index (κ2) is 12.4. The van der Waals surface area contributed by atoms with Crippen LogP contribution >= 0.6 is 0 Å². The summed E-state index contributed by atoms with van der Waals surface area (Å²) >= 11 is 0. The highest BCUT2D eigenvalue weighted by Gasteiger charge is 2.13. The molecule has 7 heteroatoms. The molecule has 1 fully saturated rings. The summed E-state index contributed by atoms with van der Waals surface area (Å²) in [4.78, 5) is 18.2. The number of carbonyl (C=O) groups is 2. The van der Waals surface area contributed by atoms with Crippen LogP contribution in [0.25, 0.3) is 0 Å². The number of benzene rings is 2. The van der Waals surface area contributed by atoms with Crippen molar-refractivity contribution in [3.05, 3.63) is 54.6 Å². The second-order valence-corrected chi connectivity index (χ2v) is 6.64. The van der Waals surface area contributed by atoms with Crippen molar-refractivity contribution in [3.63, 3.8) is 0 Å². The Morgan fingerprint density at radius 1 is 0.897 bits per heavy atom. The Hall–Kier alpha value is -3.06. The Kier molecular flexibility index (Phi) is 9.51. The first-order chi connectivity index (χ1) is 14.0. The molecule has 0 atom stereocenters. The van der Waals surface area contributed by atoms with Crippen LogP contribution in [0.2, 0.25) is 0 Å². The minimum atomic E-state index is -1.82. The van der Waals surface area contributed by atoms with Crippen molar-refractivity contribution in [2.75, 3.05) is 13.2 Å². The Bertz CT molecular complexity index is 747. The number of ether oxygens (including phenoxy) is 2. The molecule has 0 aliphatic heterocycles.